The van der Waals surface area contributed by atoms with Crippen LogP contribution in [-0.2, 0) is 9.84 Å². The van der Waals surface area contributed by atoms with E-state index in [1.165, 1.54) is 5.41 Å². The van der Waals surface area contributed by atoms with Gasteiger partial charge in [-0.05, 0) is 6.04 Å². The molecule has 0 spiro atoms. The van der Waals surface area contributed by atoms with Crippen molar-refractivity contribution >= 4 is 18.6 Å². The molecule has 52 valence electrons. The maximum Gasteiger partial charge on any atom is 0.170 e. The van der Waals surface area contributed by atoms with Gasteiger partial charge in [-0.15, -0.1) is 0 Å². The molecule has 1 heterocycles. The van der Waals surface area contributed by atoms with Gasteiger partial charge in [0.2, 0.25) is 0 Å². The zero-order chi connectivity index (χ0) is 6.91. The Kier molecular flexibility index (Phi) is 1.77. The maximum atomic E-state index is 10.7. The molecule has 0 amide bonds. The molecule has 4 heteroatoms. The molecule has 2 nitrogen and oxygen atoms in total. The standard InChI is InChI=1S/C5H10O2SSi/c1-9-4-2-8(6,7)3-5-9/h2,4,9H,3,5H2,1H3/t9-/m0/s1. The van der Waals surface area contributed by atoms with E-state index < -0.39 is 18.6 Å². The van der Waals surface area contributed by atoms with Crippen LogP contribution >= 0.6 is 0 Å². The fourth-order valence-electron chi connectivity index (χ4n) is 0.768. The quantitative estimate of drug-likeness (QED) is 0.481. The van der Waals surface area contributed by atoms with Crippen molar-refractivity contribution in [1.29, 1.82) is 0 Å². The van der Waals surface area contributed by atoms with Crippen molar-refractivity contribution in [2.24, 2.45) is 0 Å². The largest absolute Gasteiger partial charge is 0.224 e. The van der Waals surface area contributed by atoms with Crippen LogP contribution in [0.15, 0.2) is 11.1 Å². The molecule has 0 bridgehead atoms. The van der Waals surface area contributed by atoms with E-state index in [4.69, 9.17) is 0 Å². The minimum Gasteiger partial charge on any atom is -0.224 e. The predicted octanol–water partition coefficient (Wildman–Crippen LogP) is 0.325. The van der Waals surface area contributed by atoms with Crippen LogP contribution in [0.5, 0.6) is 0 Å². The molecule has 0 radical (unpaired) electrons. The molecular weight excluding hydrogens is 152 g/mol. The van der Waals surface area contributed by atoms with Crippen LogP contribution in [0.25, 0.3) is 0 Å². The smallest absolute Gasteiger partial charge is 0.170 e. The average molecular weight is 162 g/mol. The fraction of sp³-hybridized carbons (Fsp3) is 0.600. The SMILES string of the molecule is C[Si@H]1C=CS(=O)(=O)CC1. The molecule has 0 N–H and O–H groups in total. The fourth-order valence-corrected chi connectivity index (χ4v) is 5.93. The van der Waals surface area contributed by atoms with E-state index >= 15 is 0 Å². The molecule has 0 saturated heterocycles. The number of hydrogen-bond donors (Lipinski definition) is 0. The molecular formula is C5H10O2SSi. The van der Waals surface area contributed by atoms with Gasteiger partial charge in [-0.1, -0.05) is 12.2 Å². The van der Waals surface area contributed by atoms with Gasteiger partial charge in [-0.25, -0.2) is 8.42 Å². The van der Waals surface area contributed by atoms with Crippen LogP contribution in [0.1, 0.15) is 0 Å². The first-order valence-electron chi connectivity index (χ1n) is 3.01. The van der Waals surface area contributed by atoms with Gasteiger partial charge in [0, 0.05) is 5.41 Å². The number of rotatable bonds is 0. The highest BCUT2D eigenvalue weighted by atomic mass is 32.2. The zero-order valence-electron chi connectivity index (χ0n) is 5.37. The molecule has 1 aliphatic rings. The topological polar surface area (TPSA) is 34.1 Å². The molecule has 0 unspecified atom stereocenters. The Bertz CT molecular complexity index is 217. The lowest BCUT2D eigenvalue weighted by molar-refractivity contribution is 0.605. The first-order valence-corrected chi connectivity index (χ1v) is 7.36. The summed E-state index contributed by atoms with van der Waals surface area (Å²) in [4.78, 5) is 0. The van der Waals surface area contributed by atoms with E-state index in [9.17, 15) is 8.42 Å². The van der Waals surface area contributed by atoms with Crippen LogP contribution in [-0.4, -0.2) is 23.0 Å². The van der Waals surface area contributed by atoms with E-state index in [0.717, 1.165) is 6.04 Å². The lowest BCUT2D eigenvalue weighted by atomic mass is 10.9. The first kappa shape index (κ1) is 7.02. The van der Waals surface area contributed by atoms with Crippen LogP contribution in [0.3, 0.4) is 0 Å². The van der Waals surface area contributed by atoms with Crippen LogP contribution < -0.4 is 0 Å². The molecule has 1 atom stereocenters. The van der Waals surface area contributed by atoms with E-state index in [-0.39, 0.29) is 0 Å². The third-order valence-electron chi connectivity index (χ3n) is 1.47. The van der Waals surface area contributed by atoms with E-state index in [0.29, 0.717) is 5.75 Å². The summed E-state index contributed by atoms with van der Waals surface area (Å²) in [6.45, 7) is 2.16. The number of hydrogen-bond acceptors (Lipinski definition) is 2. The summed E-state index contributed by atoms with van der Waals surface area (Å²) in [5.41, 5.74) is 1.89. The first-order chi connectivity index (χ1) is 4.10. The van der Waals surface area contributed by atoms with E-state index in [1.807, 2.05) is 5.70 Å². The summed E-state index contributed by atoms with van der Waals surface area (Å²) in [7, 11) is -3.50. The van der Waals surface area contributed by atoms with Crippen LogP contribution in [0.4, 0.5) is 0 Å². The lowest BCUT2D eigenvalue weighted by Gasteiger charge is -2.08. The van der Waals surface area contributed by atoms with Crippen molar-refractivity contribution < 1.29 is 8.42 Å². The highest BCUT2D eigenvalue weighted by Crippen LogP contribution is 2.07. The molecule has 0 fully saturated rings. The molecule has 0 aromatic rings. The van der Waals surface area contributed by atoms with Crippen molar-refractivity contribution in [2.45, 2.75) is 12.6 Å². The summed E-state index contributed by atoms with van der Waals surface area (Å²) < 4.78 is 21.5. The second-order valence-corrected chi connectivity index (χ2v) is 7.38. The third kappa shape index (κ3) is 1.95. The monoisotopic (exact) mass is 162 g/mol. The van der Waals surface area contributed by atoms with Crippen molar-refractivity contribution in [3.05, 3.63) is 11.1 Å². The Hall–Kier alpha value is -0.0931. The predicted molar refractivity (Wildman–Crippen MR) is 40.7 cm³/mol. The highest BCUT2D eigenvalue weighted by molar-refractivity contribution is 7.94. The third-order valence-corrected chi connectivity index (χ3v) is 5.59. The van der Waals surface area contributed by atoms with Gasteiger partial charge in [-0.2, -0.15) is 0 Å². The Morgan fingerprint density at radius 2 is 2.22 bits per heavy atom. The second kappa shape index (κ2) is 2.26. The van der Waals surface area contributed by atoms with Crippen LogP contribution in [0.2, 0.25) is 12.6 Å². The molecule has 0 aromatic heterocycles. The van der Waals surface area contributed by atoms with Crippen molar-refractivity contribution in [3.63, 3.8) is 0 Å². The highest BCUT2D eigenvalue weighted by Gasteiger charge is 2.14. The van der Waals surface area contributed by atoms with Crippen molar-refractivity contribution in [2.75, 3.05) is 5.75 Å². The maximum absolute atomic E-state index is 10.7. The lowest BCUT2D eigenvalue weighted by Crippen LogP contribution is -2.16. The minimum absolute atomic E-state index is 0.386. The van der Waals surface area contributed by atoms with Gasteiger partial charge in [0.15, 0.2) is 9.84 Å². The summed E-state index contributed by atoms with van der Waals surface area (Å²) in [6.07, 6.45) is 0. The van der Waals surface area contributed by atoms with Gasteiger partial charge < -0.3 is 0 Å². The molecule has 0 aromatic carbocycles. The Morgan fingerprint density at radius 3 is 2.56 bits per heavy atom. The second-order valence-electron chi connectivity index (χ2n) is 2.46. The van der Waals surface area contributed by atoms with Crippen molar-refractivity contribution in [3.8, 4) is 0 Å². The summed E-state index contributed by atoms with van der Waals surface area (Å²) >= 11 is 0. The minimum atomic E-state index is -2.76. The summed E-state index contributed by atoms with van der Waals surface area (Å²) in [6, 6.07) is 0.916. The molecule has 0 saturated carbocycles. The van der Waals surface area contributed by atoms with Gasteiger partial charge >= 0.3 is 0 Å². The molecule has 1 rings (SSSR count). The van der Waals surface area contributed by atoms with Gasteiger partial charge in [0.05, 0.1) is 14.5 Å². The van der Waals surface area contributed by atoms with Crippen LogP contribution in [0, 0.1) is 0 Å². The van der Waals surface area contributed by atoms with Gasteiger partial charge in [0.1, 0.15) is 0 Å². The number of sulfone groups is 1. The van der Waals surface area contributed by atoms with E-state index in [1.54, 1.807) is 0 Å². The normalized spacial score (nSPS) is 32.3. The van der Waals surface area contributed by atoms with Gasteiger partial charge in [0.25, 0.3) is 0 Å². The Balaban J connectivity index is 2.82. The summed E-state index contributed by atoms with van der Waals surface area (Å²) in [5, 5.41) is 1.38. The average Bonchev–Trinajstić information content (AvgIpc) is 1.78. The zero-order valence-corrected chi connectivity index (χ0v) is 7.34. The Labute approximate surface area is 57.1 Å². The molecule has 0 aliphatic carbocycles. The molecule has 1 aliphatic heterocycles. The van der Waals surface area contributed by atoms with Crippen molar-refractivity contribution in [1.82, 2.24) is 0 Å². The van der Waals surface area contributed by atoms with Gasteiger partial charge in [-0.3, -0.25) is 0 Å². The Morgan fingerprint density at radius 1 is 1.56 bits per heavy atom. The van der Waals surface area contributed by atoms with E-state index in [2.05, 4.69) is 6.55 Å². The summed E-state index contributed by atoms with van der Waals surface area (Å²) in [5.74, 6) is 0.386. The molecule has 9 heavy (non-hydrogen) atoms.